The van der Waals surface area contributed by atoms with Crippen LogP contribution in [0.5, 0.6) is 0 Å². The van der Waals surface area contributed by atoms with Gasteiger partial charge in [0, 0.05) is 11.4 Å². The second kappa shape index (κ2) is 10.1. The molecule has 5 nitrogen and oxygen atoms in total. The predicted octanol–water partition coefficient (Wildman–Crippen LogP) is 4.85. The molecule has 0 aliphatic heterocycles. The molecular weight excluding hydrogens is 428 g/mol. The summed E-state index contributed by atoms with van der Waals surface area (Å²) in [4.78, 5) is 13.9. The van der Waals surface area contributed by atoms with E-state index in [4.69, 9.17) is 0 Å². The largest absolute Gasteiger partial charge is 0.324 e. The van der Waals surface area contributed by atoms with Crippen LogP contribution in [0.25, 0.3) is 0 Å². The molecule has 3 aromatic rings. The molecule has 0 aromatic heterocycles. The van der Waals surface area contributed by atoms with Crippen LogP contribution >= 0.6 is 11.8 Å². The van der Waals surface area contributed by atoms with Gasteiger partial charge in [-0.1, -0.05) is 59.7 Å². The Morgan fingerprint density at radius 3 is 2.10 bits per heavy atom. The van der Waals surface area contributed by atoms with Crippen LogP contribution in [0, 0.1) is 13.8 Å². The fourth-order valence-corrected chi connectivity index (χ4v) is 5.02. The Morgan fingerprint density at radius 2 is 1.48 bits per heavy atom. The zero-order valence-electron chi connectivity index (χ0n) is 17.8. The van der Waals surface area contributed by atoms with Crippen molar-refractivity contribution in [2.24, 2.45) is 0 Å². The lowest BCUT2D eigenvalue weighted by atomic mass is 10.1. The summed E-state index contributed by atoms with van der Waals surface area (Å²) in [5.74, 6) is -0.385. The summed E-state index contributed by atoms with van der Waals surface area (Å²) >= 11 is 1.52. The van der Waals surface area contributed by atoms with E-state index in [0.29, 0.717) is 5.69 Å². The summed E-state index contributed by atoms with van der Waals surface area (Å²) in [6, 6.07) is 21.7. The topological polar surface area (TPSA) is 66.5 Å². The van der Waals surface area contributed by atoms with E-state index < -0.39 is 10.0 Å². The second-order valence-electron chi connectivity index (χ2n) is 7.32. The van der Waals surface area contributed by atoms with E-state index in [0.717, 1.165) is 21.6 Å². The van der Waals surface area contributed by atoms with Crippen molar-refractivity contribution in [3.8, 4) is 0 Å². The summed E-state index contributed by atoms with van der Waals surface area (Å²) < 4.78 is 28.0. The van der Waals surface area contributed by atoms with Crippen molar-refractivity contribution in [2.75, 3.05) is 18.1 Å². The number of rotatable bonds is 8. The summed E-state index contributed by atoms with van der Waals surface area (Å²) in [7, 11) is -3.86. The summed E-state index contributed by atoms with van der Waals surface area (Å²) in [6.07, 6.45) is 1.93. The summed E-state index contributed by atoms with van der Waals surface area (Å²) in [6.45, 7) is 3.69. The molecule has 0 aliphatic carbocycles. The van der Waals surface area contributed by atoms with Crippen LogP contribution in [0.15, 0.2) is 82.6 Å². The molecule has 0 atom stereocenters. The van der Waals surface area contributed by atoms with Crippen molar-refractivity contribution in [3.05, 3.63) is 89.5 Å². The molecule has 162 valence electrons. The molecule has 0 saturated heterocycles. The molecule has 1 N–H and O–H groups in total. The average Bonchev–Trinajstić information content (AvgIpc) is 2.75. The zero-order valence-corrected chi connectivity index (χ0v) is 19.5. The molecule has 3 rings (SSSR count). The fourth-order valence-electron chi connectivity index (χ4n) is 3.08. The standard InChI is InChI=1S/C24H26N2O3S2/c1-18-8-12-20(13-9-18)16-26(31(28,29)21-14-10-19(2)11-15-21)17-24(27)25-22-6-4-5-7-23(22)30-3/h4-15H,16-17H2,1-3H3,(H,25,27). The van der Waals surface area contributed by atoms with Crippen molar-refractivity contribution >= 4 is 33.4 Å². The fraction of sp³-hybridized carbons (Fsp3) is 0.208. The third-order valence-corrected chi connectivity index (χ3v) is 7.44. The van der Waals surface area contributed by atoms with Gasteiger partial charge in [0.15, 0.2) is 0 Å². The smallest absolute Gasteiger partial charge is 0.243 e. The van der Waals surface area contributed by atoms with E-state index in [9.17, 15) is 13.2 Å². The molecule has 0 fully saturated rings. The molecule has 0 bridgehead atoms. The van der Waals surface area contributed by atoms with Crippen LogP contribution in [0.3, 0.4) is 0 Å². The Balaban J connectivity index is 1.88. The number of thioether (sulfide) groups is 1. The maximum Gasteiger partial charge on any atom is 0.243 e. The molecule has 0 radical (unpaired) electrons. The number of nitrogens with one attached hydrogen (secondary N) is 1. The van der Waals surface area contributed by atoms with Gasteiger partial charge in [-0.15, -0.1) is 11.8 Å². The number of hydrogen-bond donors (Lipinski definition) is 1. The number of nitrogens with zero attached hydrogens (tertiary/aromatic N) is 1. The lowest BCUT2D eigenvalue weighted by molar-refractivity contribution is -0.116. The van der Waals surface area contributed by atoms with E-state index >= 15 is 0 Å². The molecule has 0 unspecified atom stereocenters. The minimum absolute atomic E-state index is 0.105. The first-order valence-electron chi connectivity index (χ1n) is 9.85. The molecular formula is C24H26N2O3S2. The third kappa shape index (κ3) is 5.97. The third-order valence-electron chi connectivity index (χ3n) is 4.84. The van der Waals surface area contributed by atoms with E-state index in [1.807, 2.05) is 68.6 Å². The molecule has 31 heavy (non-hydrogen) atoms. The minimum Gasteiger partial charge on any atom is -0.324 e. The van der Waals surface area contributed by atoms with Gasteiger partial charge in [-0.25, -0.2) is 8.42 Å². The van der Waals surface area contributed by atoms with Crippen LogP contribution in [0.2, 0.25) is 0 Å². The Hall–Kier alpha value is -2.61. The second-order valence-corrected chi connectivity index (χ2v) is 10.1. The van der Waals surface area contributed by atoms with Gasteiger partial charge in [0.1, 0.15) is 0 Å². The maximum atomic E-state index is 13.4. The highest BCUT2D eigenvalue weighted by atomic mass is 32.2. The van der Waals surface area contributed by atoms with Crippen LogP contribution in [0.1, 0.15) is 16.7 Å². The Bertz CT molecular complexity index is 1140. The summed E-state index contributed by atoms with van der Waals surface area (Å²) in [5, 5.41) is 2.85. The molecule has 1 amide bonds. The van der Waals surface area contributed by atoms with Crippen LogP contribution < -0.4 is 5.32 Å². The first-order valence-corrected chi connectivity index (χ1v) is 12.5. The molecule has 0 heterocycles. The Labute approximate surface area is 188 Å². The van der Waals surface area contributed by atoms with E-state index in [2.05, 4.69) is 5.32 Å². The first-order chi connectivity index (χ1) is 14.8. The van der Waals surface area contributed by atoms with E-state index in [-0.39, 0.29) is 23.9 Å². The molecule has 0 aliphatic rings. The first kappa shape index (κ1) is 23.1. The highest BCUT2D eigenvalue weighted by Crippen LogP contribution is 2.25. The van der Waals surface area contributed by atoms with Gasteiger partial charge in [0.2, 0.25) is 15.9 Å². The van der Waals surface area contributed by atoms with Crippen LogP contribution in [0.4, 0.5) is 5.69 Å². The van der Waals surface area contributed by atoms with Crippen LogP contribution in [-0.4, -0.2) is 31.4 Å². The van der Waals surface area contributed by atoms with Crippen LogP contribution in [-0.2, 0) is 21.4 Å². The number of carbonyl (C=O) groups is 1. The minimum atomic E-state index is -3.86. The van der Waals surface area contributed by atoms with E-state index in [1.165, 1.54) is 16.1 Å². The van der Waals surface area contributed by atoms with Crippen molar-refractivity contribution < 1.29 is 13.2 Å². The monoisotopic (exact) mass is 454 g/mol. The van der Waals surface area contributed by atoms with Crippen molar-refractivity contribution in [2.45, 2.75) is 30.2 Å². The predicted molar refractivity (Wildman–Crippen MR) is 127 cm³/mol. The molecule has 3 aromatic carbocycles. The lowest BCUT2D eigenvalue weighted by Crippen LogP contribution is -2.37. The van der Waals surface area contributed by atoms with Gasteiger partial charge < -0.3 is 5.32 Å². The number of anilines is 1. The average molecular weight is 455 g/mol. The van der Waals surface area contributed by atoms with Gasteiger partial charge in [-0.05, 0) is 49.9 Å². The highest BCUT2D eigenvalue weighted by Gasteiger charge is 2.27. The number of sulfonamides is 1. The molecule has 0 spiro atoms. The quantitative estimate of drug-likeness (QED) is 0.494. The number of para-hydroxylation sites is 1. The molecule has 0 saturated carbocycles. The number of carbonyl (C=O) groups excluding carboxylic acids is 1. The lowest BCUT2D eigenvalue weighted by Gasteiger charge is -2.22. The van der Waals surface area contributed by atoms with E-state index in [1.54, 1.807) is 24.3 Å². The summed E-state index contributed by atoms with van der Waals surface area (Å²) in [5.41, 5.74) is 3.54. The van der Waals surface area contributed by atoms with Gasteiger partial charge in [-0.3, -0.25) is 4.79 Å². The Kier molecular flexibility index (Phi) is 7.54. The number of aryl methyl sites for hydroxylation is 2. The van der Waals surface area contributed by atoms with Gasteiger partial charge in [0.05, 0.1) is 17.1 Å². The SMILES string of the molecule is CSc1ccccc1NC(=O)CN(Cc1ccc(C)cc1)S(=O)(=O)c1ccc(C)cc1. The van der Waals surface area contributed by atoms with Gasteiger partial charge >= 0.3 is 0 Å². The number of amides is 1. The Morgan fingerprint density at radius 1 is 0.903 bits per heavy atom. The number of hydrogen-bond acceptors (Lipinski definition) is 4. The highest BCUT2D eigenvalue weighted by molar-refractivity contribution is 7.98. The van der Waals surface area contributed by atoms with Crippen molar-refractivity contribution in [3.63, 3.8) is 0 Å². The number of benzene rings is 3. The van der Waals surface area contributed by atoms with Gasteiger partial charge in [0.25, 0.3) is 0 Å². The van der Waals surface area contributed by atoms with Gasteiger partial charge in [-0.2, -0.15) is 4.31 Å². The van der Waals surface area contributed by atoms with Crippen molar-refractivity contribution in [1.82, 2.24) is 4.31 Å². The maximum absolute atomic E-state index is 13.4. The zero-order chi connectivity index (χ0) is 22.4. The molecule has 7 heteroatoms. The van der Waals surface area contributed by atoms with Crippen molar-refractivity contribution in [1.29, 1.82) is 0 Å². The normalized spacial score (nSPS) is 11.5.